The molecule has 0 aliphatic rings. The smallest absolute Gasteiger partial charge is 0.0719 e. The summed E-state index contributed by atoms with van der Waals surface area (Å²) in [5.41, 5.74) is 8.54. The van der Waals surface area contributed by atoms with E-state index in [1.54, 1.807) is 0 Å². The lowest BCUT2D eigenvalue weighted by Gasteiger charge is -2.19. The highest BCUT2D eigenvalue weighted by Gasteiger charge is 2.09. The lowest BCUT2D eigenvalue weighted by atomic mass is 9.99. The van der Waals surface area contributed by atoms with Gasteiger partial charge in [0, 0.05) is 22.6 Å². The Morgan fingerprint density at radius 3 is 2.73 bits per heavy atom. The summed E-state index contributed by atoms with van der Waals surface area (Å²) in [4.78, 5) is 6.83. The Labute approximate surface area is 138 Å². The lowest BCUT2D eigenvalue weighted by Crippen LogP contribution is -2.28. The third-order valence-corrected chi connectivity index (χ3v) is 4.46. The van der Waals surface area contributed by atoms with Crippen LogP contribution in [0.15, 0.2) is 30.5 Å². The first kappa shape index (κ1) is 17.2. The maximum Gasteiger partial charge on any atom is 0.0719 e. The van der Waals surface area contributed by atoms with Crippen molar-refractivity contribution in [3.05, 3.63) is 41.0 Å². The van der Waals surface area contributed by atoms with E-state index in [1.807, 2.05) is 24.4 Å². The molecule has 22 heavy (non-hydrogen) atoms. The van der Waals surface area contributed by atoms with Crippen LogP contribution < -0.4 is 5.73 Å². The Kier molecular flexibility index (Phi) is 6.62. The molecule has 4 heteroatoms. The predicted molar refractivity (Wildman–Crippen MR) is 95.5 cm³/mol. The number of aromatic nitrogens is 1. The Morgan fingerprint density at radius 1 is 1.23 bits per heavy atom. The molecule has 1 aromatic carbocycles. The van der Waals surface area contributed by atoms with Crippen molar-refractivity contribution in [3.8, 4) is 0 Å². The van der Waals surface area contributed by atoms with E-state index in [-0.39, 0.29) is 6.04 Å². The van der Waals surface area contributed by atoms with Gasteiger partial charge in [0.05, 0.1) is 5.52 Å². The van der Waals surface area contributed by atoms with Gasteiger partial charge in [-0.1, -0.05) is 31.5 Å². The average molecular weight is 320 g/mol. The van der Waals surface area contributed by atoms with Crippen molar-refractivity contribution in [2.24, 2.45) is 5.73 Å². The first-order chi connectivity index (χ1) is 10.6. The second kappa shape index (κ2) is 8.47. The molecule has 2 N–H and O–H groups in total. The first-order valence-corrected chi connectivity index (χ1v) is 8.53. The second-order valence-corrected chi connectivity index (χ2v) is 6.20. The van der Waals surface area contributed by atoms with Gasteiger partial charge in [-0.2, -0.15) is 0 Å². The Balaban J connectivity index is 1.95. The molecule has 1 unspecified atom stereocenters. The summed E-state index contributed by atoms with van der Waals surface area (Å²) < 4.78 is 0. The van der Waals surface area contributed by atoms with Gasteiger partial charge in [-0.05, 0) is 62.7 Å². The van der Waals surface area contributed by atoms with Crippen molar-refractivity contribution >= 4 is 22.5 Å². The highest BCUT2D eigenvalue weighted by Crippen LogP contribution is 2.22. The summed E-state index contributed by atoms with van der Waals surface area (Å²) in [6.07, 6.45) is 4.93. The van der Waals surface area contributed by atoms with Crippen LogP contribution in [0, 0.1) is 0 Å². The molecule has 1 aromatic heterocycles. The quantitative estimate of drug-likeness (QED) is 0.803. The van der Waals surface area contributed by atoms with Crippen LogP contribution in [0.3, 0.4) is 0 Å². The van der Waals surface area contributed by atoms with Crippen molar-refractivity contribution in [1.29, 1.82) is 0 Å². The van der Waals surface area contributed by atoms with E-state index in [4.69, 9.17) is 17.3 Å². The molecule has 2 rings (SSSR count). The topological polar surface area (TPSA) is 42.1 Å². The molecule has 0 saturated heterocycles. The average Bonchev–Trinajstić information content (AvgIpc) is 2.51. The van der Waals surface area contributed by atoms with Crippen molar-refractivity contribution in [1.82, 2.24) is 9.88 Å². The molecular weight excluding hydrogens is 294 g/mol. The minimum absolute atomic E-state index is 0.192. The van der Waals surface area contributed by atoms with Gasteiger partial charge in [0.1, 0.15) is 0 Å². The van der Waals surface area contributed by atoms with Gasteiger partial charge in [-0.3, -0.25) is 4.98 Å². The fourth-order valence-corrected chi connectivity index (χ4v) is 3.03. The SMILES string of the molecule is CCN(CC)CCCC(N)Cc1ccnc2cc(Cl)ccc12. The second-order valence-electron chi connectivity index (χ2n) is 5.76. The fraction of sp³-hybridized carbons (Fsp3) is 0.500. The largest absolute Gasteiger partial charge is 0.327 e. The highest BCUT2D eigenvalue weighted by atomic mass is 35.5. The van der Waals surface area contributed by atoms with Crippen molar-refractivity contribution < 1.29 is 0 Å². The van der Waals surface area contributed by atoms with Crippen LogP contribution in [0.4, 0.5) is 0 Å². The summed E-state index contributed by atoms with van der Waals surface area (Å²) in [5, 5.41) is 1.88. The monoisotopic (exact) mass is 319 g/mol. The number of hydrogen-bond acceptors (Lipinski definition) is 3. The van der Waals surface area contributed by atoms with Gasteiger partial charge >= 0.3 is 0 Å². The zero-order valence-corrected chi connectivity index (χ0v) is 14.3. The van der Waals surface area contributed by atoms with Gasteiger partial charge in [-0.25, -0.2) is 0 Å². The minimum Gasteiger partial charge on any atom is -0.327 e. The molecule has 2 aromatic rings. The molecule has 0 spiro atoms. The molecule has 0 aliphatic carbocycles. The Bertz CT molecular complexity index is 596. The van der Waals surface area contributed by atoms with Crippen LogP contribution in [0.1, 0.15) is 32.3 Å². The Morgan fingerprint density at radius 2 is 2.00 bits per heavy atom. The maximum atomic E-state index is 6.33. The Hall–Kier alpha value is -1.16. The molecule has 0 amide bonds. The van der Waals surface area contributed by atoms with Crippen LogP contribution in [0.2, 0.25) is 5.02 Å². The van der Waals surface area contributed by atoms with Gasteiger partial charge < -0.3 is 10.6 Å². The number of halogens is 1. The van der Waals surface area contributed by atoms with Gasteiger partial charge in [-0.15, -0.1) is 0 Å². The van der Waals surface area contributed by atoms with Gasteiger partial charge in [0.25, 0.3) is 0 Å². The van der Waals surface area contributed by atoms with E-state index in [2.05, 4.69) is 29.8 Å². The number of nitrogens with two attached hydrogens (primary N) is 1. The van der Waals surface area contributed by atoms with Crippen molar-refractivity contribution in [2.75, 3.05) is 19.6 Å². The molecular formula is C18H26ClN3. The summed E-state index contributed by atoms with van der Waals surface area (Å²) in [7, 11) is 0. The van der Waals surface area contributed by atoms with Crippen LogP contribution >= 0.6 is 11.6 Å². The van der Waals surface area contributed by atoms with E-state index in [1.165, 1.54) is 5.56 Å². The molecule has 120 valence electrons. The van der Waals surface area contributed by atoms with E-state index in [9.17, 15) is 0 Å². The fourth-order valence-electron chi connectivity index (χ4n) is 2.86. The molecule has 0 saturated carbocycles. The van der Waals surface area contributed by atoms with E-state index >= 15 is 0 Å². The summed E-state index contributed by atoms with van der Waals surface area (Å²) >= 11 is 6.03. The van der Waals surface area contributed by atoms with E-state index in [0.29, 0.717) is 0 Å². The van der Waals surface area contributed by atoms with Crippen molar-refractivity contribution in [2.45, 2.75) is 39.2 Å². The highest BCUT2D eigenvalue weighted by molar-refractivity contribution is 6.31. The summed E-state index contributed by atoms with van der Waals surface area (Å²) in [6, 6.07) is 8.13. The predicted octanol–water partition coefficient (Wildman–Crippen LogP) is 3.88. The molecule has 0 aliphatic heterocycles. The molecule has 1 heterocycles. The zero-order chi connectivity index (χ0) is 15.9. The zero-order valence-electron chi connectivity index (χ0n) is 13.6. The maximum absolute atomic E-state index is 6.33. The molecule has 1 atom stereocenters. The number of rotatable bonds is 8. The number of benzene rings is 1. The number of pyridine rings is 1. The van der Waals surface area contributed by atoms with Crippen LogP contribution in [-0.2, 0) is 6.42 Å². The standard InChI is InChI=1S/C18H26ClN3/c1-3-22(4-2)11-5-6-16(20)12-14-9-10-21-18-13-15(19)7-8-17(14)18/h7-10,13,16H,3-6,11-12,20H2,1-2H3. The molecule has 3 nitrogen and oxygen atoms in total. The van der Waals surface area contributed by atoms with Crippen molar-refractivity contribution in [3.63, 3.8) is 0 Å². The number of hydrogen-bond donors (Lipinski definition) is 1. The normalized spacial score (nSPS) is 13.0. The summed E-state index contributed by atoms with van der Waals surface area (Å²) in [5.74, 6) is 0. The van der Waals surface area contributed by atoms with Crippen LogP contribution in [0.5, 0.6) is 0 Å². The van der Waals surface area contributed by atoms with Crippen LogP contribution in [-0.4, -0.2) is 35.6 Å². The lowest BCUT2D eigenvalue weighted by molar-refractivity contribution is 0.293. The molecule has 0 fully saturated rings. The third kappa shape index (κ3) is 4.67. The third-order valence-electron chi connectivity index (χ3n) is 4.22. The number of nitrogens with zero attached hydrogens (tertiary/aromatic N) is 2. The number of fused-ring (bicyclic) bond motifs is 1. The molecule has 0 bridgehead atoms. The van der Waals surface area contributed by atoms with Gasteiger partial charge in [0.2, 0.25) is 0 Å². The van der Waals surface area contributed by atoms with Crippen LogP contribution in [0.25, 0.3) is 10.9 Å². The van der Waals surface area contributed by atoms with E-state index in [0.717, 1.165) is 54.8 Å². The van der Waals surface area contributed by atoms with Gasteiger partial charge in [0.15, 0.2) is 0 Å². The van der Waals surface area contributed by atoms with E-state index < -0.39 is 0 Å². The first-order valence-electron chi connectivity index (χ1n) is 8.15. The minimum atomic E-state index is 0.192. The summed E-state index contributed by atoms with van der Waals surface area (Å²) in [6.45, 7) is 7.77. The molecule has 0 radical (unpaired) electrons.